The Labute approximate surface area is 131 Å². The van der Waals surface area contributed by atoms with Gasteiger partial charge in [-0.15, -0.1) is 5.10 Å². The molecule has 2 rings (SSSR count). The zero-order valence-corrected chi connectivity index (χ0v) is 13.6. The number of ether oxygens (including phenoxy) is 1. The third-order valence-corrected chi connectivity index (χ3v) is 3.19. The van der Waals surface area contributed by atoms with Crippen LogP contribution < -0.4 is 15.4 Å². The summed E-state index contributed by atoms with van der Waals surface area (Å²) in [6.45, 7) is 7.27. The Hall–Kier alpha value is -2.37. The second-order valence-corrected chi connectivity index (χ2v) is 5.60. The summed E-state index contributed by atoms with van der Waals surface area (Å²) >= 11 is 0. The lowest BCUT2D eigenvalue weighted by Gasteiger charge is -2.11. The van der Waals surface area contributed by atoms with Gasteiger partial charge in [0.1, 0.15) is 5.75 Å². The van der Waals surface area contributed by atoms with E-state index in [9.17, 15) is 0 Å². The van der Waals surface area contributed by atoms with Crippen LogP contribution >= 0.6 is 0 Å². The summed E-state index contributed by atoms with van der Waals surface area (Å²) in [5.74, 6) is 2.55. The molecule has 1 aromatic heterocycles. The highest BCUT2D eigenvalue weighted by molar-refractivity contribution is 5.63. The number of anilines is 3. The fourth-order valence-corrected chi connectivity index (χ4v) is 1.97. The van der Waals surface area contributed by atoms with Gasteiger partial charge >= 0.3 is 0 Å². The number of hydrogen-bond donors (Lipinski definition) is 2. The molecule has 0 bridgehead atoms. The number of hydrogen-bond acceptors (Lipinski definition) is 6. The van der Waals surface area contributed by atoms with Gasteiger partial charge in [-0.05, 0) is 37.0 Å². The van der Waals surface area contributed by atoms with Gasteiger partial charge in [0.2, 0.25) is 5.95 Å². The van der Waals surface area contributed by atoms with Crippen molar-refractivity contribution in [1.29, 1.82) is 0 Å². The van der Waals surface area contributed by atoms with E-state index in [0.29, 0.717) is 17.7 Å². The van der Waals surface area contributed by atoms with Gasteiger partial charge in [-0.3, -0.25) is 0 Å². The predicted octanol–water partition coefficient (Wildman–Crippen LogP) is 3.39. The molecule has 0 atom stereocenters. The fraction of sp³-hybridized carbons (Fsp3) is 0.438. The summed E-state index contributed by atoms with van der Waals surface area (Å²) in [7, 11) is 1.64. The summed E-state index contributed by atoms with van der Waals surface area (Å²) in [6.07, 6.45) is 2.71. The largest absolute Gasteiger partial charge is 0.495 e. The highest BCUT2D eigenvalue weighted by atomic mass is 16.5. The Morgan fingerprint density at radius 1 is 1.27 bits per heavy atom. The monoisotopic (exact) mass is 301 g/mol. The first-order valence-electron chi connectivity index (χ1n) is 7.43. The second-order valence-electron chi connectivity index (χ2n) is 5.60. The van der Waals surface area contributed by atoms with Gasteiger partial charge in [0.15, 0.2) is 5.82 Å². The van der Waals surface area contributed by atoms with Crippen molar-refractivity contribution in [2.75, 3.05) is 24.3 Å². The Balaban J connectivity index is 2.08. The zero-order valence-electron chi connectivity index (χ0n) is 13.6. The minimum atomic E-state index is 0.443. The maximum Gasteiger partial charge on any atom is 0.249 e. The van der Waals surface area contributed by atoms with Gasteiger partial charge in [0.25, 0.3) is 0 Å². The van der Waals surface area contributed by atoms with E-state index >= 15 is 0 Å². The first-order chi connectivity index (χ1) is 10.6. The zero-order chi connectivity index (χ0) is 15.9. The van der Waals surface area contributed by atoms with Crippen LogP contribution in [-0.2, 0) is 0 Å². The van der Waals surface area contributed by atoms with Crippen molar-refractivity contribution in [3.63, 3.8) is 0 Å². The summed E-state index contributed by atoms with van der Waals surface area (Å²) in [4.78, 5) is 4.42. The minimum absolute atomic E-state index is 0.443. The van der Waals surface area contributed by atoms with Gasteiger partial charge in [-0.1, -0.05) is 19.9 Å². The Morgan fingerprint density at radius 3 is 2.82 bits per heavy atom. The lowest BCUT2D eigenvalue weighted by molar-refractivity contribution is 0.416. The van der Waals surface area contributed by atoms with Gasteiger partial charge in [0, 0.05) is 6.54 Å². The van der Waals surface area contributed by atoms with E-state index in [4.69, 9.17) is 4.74 Å². The summed E-state index contributed by atoms with van der Waals surface area (Å²) in [6, 6.07) is 5.89. The maximum atomic E-state index is 5.34. The Kier molecular flexibility index (Phi) is 5.52. The lowest BCUT2D eigenvalue weighted by Crippen LogP contribution is -2.08. The third-order valence-electron chi connectivity index (χ3n) is 3.19. The molecule has 0 saturated carbocycles. The van der Waals surface area contributed by atoms with Crippen LogP contribution in [0.2, 0.25) is 0 Å². The van der Waals surface area contributed by atoms with E-state index in [1.54, 1.807) is 13.3 Å². The normalized spacial score (nSPS) is 10.6. The van der Waals surface area contributed by atoms with Gasteiger partial charge in [-0.2, -0.15) is 10.1 Å². The standard InChI is InChI=1S/C16H23N5O/c1-11(2)7-8-17-15-10-18-21-16(20-15)19-13-9-12(3)5-6-14(13)22-4/h5-6,9-11H,7-8H2,1-4H3,(H2,17,19,20,21). The molecule has 118 valence electrons. The number of nitrogens with zero attached hydrogens (tertiary/aromatic N) is 3. The van der Waals surface area contributed by atoms with Gasteiger partial charge in [-0.25, -0.2) is 0 Å². The molecule has 1 heterocycles. The fourth-order valence-electron chi connectivity index (χ4n) is 1.97. The molecule has 0 aliphatic rings. The Bertz CT molecular complexity index is 615. The smallest absolute Gasteiger partial charge is 0.249 e. The van der Waals surface area contributed by atoms with Crippen LogP contribution in [-0.4, -0.2) is 28.8 Å². The molecule has 6 nitrogen and oxygen atoms in total. The van der Waals surface area contributed by atoms with Crippen LogP contribution in [0.1, 0.15) is 25.8 Å². The second kappa shape index (κ2) is 7.59. The SMILES string of the molecule is COc1ccc(C)cc1Nc1nncc(NCCC(C)C)n1. The van der Waals surface area contributed by atoms with Crippen molar-refractivity contribution in [3.05, 3.63) is 30.0 Å². The predicted molar refractivity (Wildman–Crippen MR) is 88.8 cm³/mol. The van der Waals surface area contributed by atoms with Gasteiger partial charge in [0.05, 0.1) is 19.0 Å². The number of benzene rings is 1. The molecule has 0 fully saturated rings. The first kappa shape index (κ1) is 16.0. The summed E-state index contributed by atoms with van der Waals surface area (Å²) < 4.78 is 5.34. The lowest BCUT2D eigenvalue weighted by atomic mass is 10.1. The molecule has 0 radical (unpaired) electrons. The van der Waals surface area contributed by atoms with Crippen molar-refractivity contribution < 1.29 is 4.74 Å². The molecule has 0 spiro atoms. The average Bonchev–Trinajstić information content (AvgIpc) is 2.47. The van der Waals surface area contributed by atoms with Crippen molar-refractivity contribution >= 4 is 17.5 Å². The molecule has 2 aromatic rings. The van der Waals surface area contributed by atoms with Crippen LogP contribution in [0.5, 0.6) is 5.75 Å². The van der Waals surface area contributed by atoms with Crippen molar-refractivity contribution in [1.82, 2.24) is 15.2 Å². The molecule has 1 aromatic carbocycles. The van der Waals surface area contributed by atoms with E-state index in [-0.39, 0.29) is 0 Å². The van der Waals surface area contributed by atoms with Crippen molar-refractivity contribution in [2.24, 2.45) is 5.92 Å². The molecular formula is C16H23N5O. The van der Waals surface area contributed by atoms with Crippen LogP contribution in [0.15, 0.2) is 24.4 Å². The summed E-state index contributed by atoms with van der Waals surface area (Å²) in [5, 5.41) is 14.4. The van der Waals surface area contributed by atoms with Crippen LogP contribution in [0.3, 0.4) is 0 Å². The first-order valence-corrected chi connectivity index (χ1v) is 7.43. The molecular weight excluding hydrogens is 278 g/mol. The number of nitrogens with one attached hydrogen (secondary N) is 2. The Morgan fingerprint density at radius 2 is 2.09 bits per heavy atom. The van der Waals surface area contributed by atoms with Crippen molar-refractivity contribution in [3.8, 4) is 5.75 Å². The number of rotatable bonds is 7. The molecule has 6 heteroatoms. The van der Waals surface area contributed by atoms with Crippen LogP contribution in [0, 0.1) is 12.8 Å². The van der Waals surface area contributed by atoms with Crippen LogP contribution in [0.25, 0.3) is 0 Å². The number of methoxy groups -OCH3 is 1. The number of aromatic nitrogens is 3. The maximum absolute atomic E-state index is 5.34. The molecule has 0 aliphatic carbocycles. The van der Waals surface area contributed by atoms with E-state index in [1.165, 1.54) is 0 Å². The highest BCUT2D eigenvalue weighted by Crippen LogP contribution is 2.27. The molecule has 2 N–H and O–H groups in total. The molecule has 0 aliphatic heterocycles. The van der Waals surface area contributed by atoms with Crippen molar-refractivity contribution in [2.45, 2.75) is 27.2 Å². The highest BCUT2D eigenvalue weighted by Gasteiger charge is 2.06. The molecule has 22 heavy (non-hydrogen) atoms. The minimum Gasteiger partial charge on any atom is -0.495 e. The van der Waals surface area contributed by atoms with Crippen LogP contribution in [0.4, 0.5) is 17.5 Å². The quantitative estimate of drug-likeness (QED) is 0.816. The van der Waals surface area contributed by atoms with Gasteiger partial charge < -0.3 is 15.4 Å². The van der Waals surface area contributed by atoms with E-state index < -0.39 is 0 Å². The third kappa shape index (κ3) is 4.58. The van der Waals surface area contributed by atoms with E-state index in [1.807, 2.05) is 25.1 Å². The van der Waals surface area contributed by atoms with E-state index in [0.717, 1.165) is 30.0 Å². The average molecular weight is 301 g/mol. The molecule has 0 saturated heterocycles. The topological polar surface area (TPSA) is 72.0 Å². The molecule has 0 amide bonds. The van der Waals surface area contributed by atoms with E-state index in [2.05, 4.69) is 39.7 Å². The number of aryl methyl sites for hydroxylation is 1. The molecule has 0 unspecified atom stereocenters. The summed E-state index contributed by atoms with van der Waals surface area (Å²) in [5.41, 5.74) is 1.95.